The summed E-state index contributed by atoms with van der Waals surface area (Å²) in [6.07, 6.45) is 0.497. The van der Waals surface area contributed by atoms with Gasteiger partial charge in [0.1, 0.15) is 17.6 Å². The van der Waals surface area contributed by atoms with Gasteiger partial charge in [-0.1, -0.05) is 19.9 Å². The average molecular weight is 283 g/mol. The third kappa shape index (κ3) is 4.49. The molecule has 2 unspecified atom stereocenters. The number of ether oxygens (including phenoxy) is 1. The van der Waals surface area contributed by atoms with Gasteiger partial charge in [-0.25, -0.2) is 4.39 Å². The minimum atomic E-state index is -0.917. The molecule has 0 spiro atoms. The van der Waals surface area contributed by atoms with Gasteiger partial charge in [0.2, 0.25) is 0 Å². The van der Waals surface area contributed by atoms with Crippen LogP contribution in [0.1, 0.15) is 38.8 Å². The molecule has 0 aliphatic rings. The average Bonchev–Trinajstić information content (AvgIpc) is 2.36. The van der Waals surface area contributed by atoms with E-state index in [0.717, 1.165) is 0 Å². The topological polar surface area (TPSA) is 58.6 Å². The maximum atomic E-state index is 13.9. The van der Waals surface area contributed by atoms with E-state index >= 15 is 0 Å². The van der Waals surface area contributed by atoms with Crippen molar-refractivity contribution in [2.45, 2.75) is 39.3 Å². The van der Waals surface area contributed by atoms with E-state index in [1.54, 1.807) is 19.1 Å². The number of carboxylic acids is 1. The first-order chi connectivity index (χ1) is 9.35. The Hall–Kier alpha value is -1.62. The normalized spacial score (nSPS) is 14.1. The van der Waals surface area contributed by atoms with Crippen molar-refractivity contribution in [3.63, 3.8) is 0 Å². The molecule has 1 aromatic carbocycles. The summed E-state index contributed by atoms with van der Waals surface area (Å²) in [4.78, 5) is 11.2. The Morgan fingerprint density at radius 1 is 1.40 bits per heavy atom. The highest BCUT2D eigenvalue weighted by molar-refractivity contribution is 5.73. The third-order valence-electron chi connectivity index (χ3n) is 3.13. The number of aliphatic carboxylic acids is 1. The highest BCUT2D eigenvalue weighted by Gasteiger charge is 2.22. The molecule has 0 aliphatic heterocycles. The van der Waals surface area contributed by atoms with Gasteiger partial charge < -0.3 is 9.84 Å². The van der Waals surface area contributed by atoms with Crippen molar-refractivity contribution in [1.82, 2.24) is 5.32 Å². The van der Waals surface area contributed by atoms with Crippen molar-refractivity contribution in [2.24, 2.45) is 5.92 Å². The maximum Gasteiger partial charge on any atom is 0.320 e. The molecule has 0 aliphatic carbocycles. The second-order valence-electron chi connectivity index (χ2n) is 5.30. The summed E-state index contributed by atoms with van der Waals surface area (Å²) >= 11 is 0. The summed E-state index contributed by atoms with van der Waals surface area (Å²) in [6.45, 7) is 5.66. The lowest BCUT2D eigenvalue weighted by Crippen LogP contribution is -2.39. The second-order valence-corrected chi connectivity index (χ2v) is 5.30. The number of nitrogens with one attached hydrogen (secondary N) is 1. The lowest BCUT2D eigenvalue weighted by atomic mass is 10.0. The van der Waals surface area contributed by atoms with Gasteiger partial charge in [0.25, 0.3) is 0 Å². The monoisotopic (exact) mass is 283 g/mol. The quantitative estimate of drug-likeness (QED) is 0.807. The highest BCUT2D eigenvalue weighted by atomic mass is 19.1. The SMILES string of the molecule is COc1ccc(C(C)NC(CC(C)C)C(=O)O)c(F)c1. The molecule has 0 saturated heterocycles. The summed E-state index contributed by atoms with van der Waals surface area (Å²) in [5.41, 5.74) is 0.431. The van der Waals surface area contributed by atoms with Gasteiger partial charge in [-0.15, -0.1) is 0 Å². The van der Waals surface area contributed by atoms with Crippen LogP contribution in [0, 0.1) is 11.7 Å². The molecule has 0 radical (unpaired) electrons. The summed E-state index contributed by atoms with van der Waals surface area (Å²) in [5.74, 6) is -0.635. The third-order valence-corrected chi connectivity index (χ3v) is 3.13. The van der Waals surface area contributed by atoms with Crippen LogP contribution in [0.15, 0.2) is 18.2 Å². The maximum absolute atomic E-state index is 13.9. The number of hydrogen-bond acceptors (Lipinski definition) is 3. The van der Waals surface area contributed by atoms with Crippen LogP contribution in [0.2, 0.25) is 0 Å². The van der Waals surface area contributed by atoms with Crippen LogP contribution in [-0.4, -0.2) is 24.2 Å². The molecule has 0 saturated carbocycles. The molecular weight excluding hydrogens is 261 g/mol. The van der Waals surface area contributed by atoms with E-state index in [9.17, 15) is 14.3 Å². The number of methoxy groups -OCH3 is 1. The molecule has 1 aromatic rings. The Kier molecular flexibility index (Phi) is 5.95. The van der Waals surface area contributed by atoms with Crippen molar-refractivity contribution in [3.8, 4) is 5.75 Å². The van der Waals surface area contributed by atoms with Gasteiger partial charge in [-0.2, -0.15) is 0 Å². The molecule has 2 N–H and O–H groups in total. The minimum Gasteiger partial charge on any atom is -0.497 e. The van der Waals surface area contributed by atoms with E-state index in [0.29, 0.717) is 17.7 Å². The number of carbonyl (C=O) groups is 1. The molecule has 0 heterocycles. The first-order valence-corrected chi connectivity index (χ1v) is 6.67. The fraction of sp³-hybridized carbons (Fsp3) is 0.533. The van der Waals surface area contributed by atoms with E-state index in [2.05, 4.69) is 5.32 Å². The van der Waals surface area contributed by atoms with Gasteiger partial charge in [-0.3, -0.25) is 10.1 Å². The standard InChI is InChI=1S/C15H22FNO3/c1-9(2)7-14(15(18)19)17-10(3)12-6-5-11(20-4)8-13(12)16/h5-6,8-10,14,17H,7H2,1-4H3,(H,18,19). The van der Waals surface area contributed by atoms with E-state index in [-0.39, 0.29) is 12.0 Å². The molecule has 0 amide bonds. The summed E-state index contributed by atoms with van der Waals surface area (Å²) in [5, 5.41) is 12.2. The van der Waals surface area contributed by atoms with Gasteiger partial charge in [-0.05, 0) is 25.3 Å². The Morgan fingerprint density at radius 3 is 2.50 bits per heavy atom. The van der Waals surface area contributed by atoms with Crippen LogP contribution in [0.25, 0.3) is 0 Å². The first-order valence-electron chi connectivity index (χ1n) is 6.67. The molecule has 0 bridgehead atoms. The van der Waals surface area contributed by atoms with Crippen molar-refractivity contribution in [3.05, 3.63) is 29.6 Å². The largest absolute Gasteiger partial charge is 0.497 e. The van der Waals surface area contributed by atoms with Crippen LogP contribution in [-0.2, 0) is 4.79 Å². The molecule has 112 valence electrons. The van der Waals surface area contributed by atoms with E-state index in [4.69, 9.17) is 4.74 Å². The number of rotatable bonds is 7. The lowest BCUT2D eigenvalue weighted by molar-refractivity contribution is -0.140. The predicted octanol–water partition coefficient (Wildman–Crippen LogP) is 2.98. The second kappa shape index (κ2) is 7.24. The molecule has 2 atom stereocenters. The fourth-order valence-corrected chi connectivity index (χ4v) is 2.09. The number of halogens is 1. The van der Waals surface area contributed by atoms with Crippen molar-refractivity contribution >= 4 is 5.97 Å². The Morgan fingerprint density at radius 2 is 2.05 bits per heavy atom. The Bertz CT molecular complexity index is 462. The van der Waals surface area contributed by atoms with Gasteiger partial charge in [0, 0.05) is 17.7 Å². The molecule has 1 rings (SSSR count). The number of benzene rings is 1. The first kappa shape index (κ1) is 16.4. The predicted molar refractivity (Wildman–Crippen MR) is 75.4 cm³/mol. The lowest BCUT2D eigenvalue weighted by Gasteiger charge is -2.22. The molecule has 5 heteroatoms. The minimum absolute atomic E-state index is 0.247. The molecule has 0 fully saturated rings. The van der Waals surface area contributed by atoms with Crippen molar-refractivity contribution < 1.29 is 19.0 Å². The van der Waals surface area contributed by atoms with Gasteiger partial charge in [0.15, 0.2) is 0 Å². The highest BCUT2D eigenvalue weighted by Crippen LogP contribution is 2.22. The van der Waals surface area contributed by atoms with Crippen molar-refractivity contribution in [2.75, 3.05) is 7.11 Å². The van der Waals surface area contributed by atoms with E-state index in [1.165, 1.54) is 13.2 Å². The zero-order valence-electron chi connectivity index (χ0n) is 12.3. The smallest absolute Gasteiger partial charge is 0.320 e. The van der Waals surface area contributed by atoms with Crippen LogP contribution in [0.4, 0.5) is 4.39 Å². The summed E-state index contributed by atoms with van der Waals surface area (Å²) < 4.78 is 18.9. The zero-order valence-corrected chi connectivity index (χ0v) is 12.3. The molecule has 0 aromatic heterocycles. The Balaban J connectivity index is 2.83. The van der Waals surface area contributed by atoms with Crippen molar-refractivity contribution in [1.29, 1.82) is 0 Å². The van der Waals surface area contributed by atoms with Crippen LogP contribution >= 0.6 is 0 Å². The molecule has 20 heavy (non-hydrogen) atoms. The number of carboxylic acid groups (broad SMARTS) is 1. The van der Waals surface area contributed by atoms with Crippen LogP contribution in [0.3, 0.4) is 0 Å². The Labute approximate surface area is 119 Å². The zero-order chi connectivity index (χ0) is 15.3. The van der Waals surface area contributed by atoms with Crippen LogP contribution < -0.4 is 10.1 Å². The van der Waals surface area contributed by atoms with Gasteiger partial charge >= 0.3 is 5.97 Å². The summed E-state index contributed by atoms with van der Waals surface area (Å²) in [6, 6.07) is 3.49. The van der Waals surface area contributed by atoms with E-state index < -0.39 is 17.8 Å². The summed E-state index contributed by atoms with van der Waals surface area (Å²) in [7, 11) is 1.47. The van der Waals surface area contributed by atoms with Crippen LogP contribution in [0.5, 0.6) is 5.75 Å². The number of hydrogen-bond donors (Lipinski definition) is 2. The molecular formula is C15H22FNO3. The fourth-order valence-electron chi connectivity index (χ4n) is 2.09. The van der Waals surface area contributed by atoms with E-state index in [1.807, 2.05) is 13.8 Å². The van der Waals surface area contributed by atoms with Gasteiger partial charge in [0.05, 0.1) is 7.11 Å². The molecule has 4 nitrogen and oxygen atoms in total.